The van der Waals surface area contributed by atoms with E-state index in [2.05, 4.69) is 0 Å². The van der Waals surface area contributed by atoms with Crippen LogP contribution in [0.3, 0.4) is 0 Å². The largest absolute Gasteiger partial charge is 0.330 e. The molecule has 0 bridgehead atoms. The van der Waals surface area contributed by atoms with Crippen molar-refractivity contribution in [1.82, 2.24) is 0 Å². The highest BCUT2D eigenvalue weighted by atomic mass is 35.5. The standard InChI is InChI=1S/C13H15ClF3N/c14-10-2-1-9(7-11(10)15)12(8-18)3-5-13(16,17)6-4-12/h1-2,7H,3-6,8,18H2. The van der Waals surface area contributed by atoms with Gasteiger partial charge in [-0.2, -0.15) is 0 Å². The first-order valence-electron chi connectivity index (χ1n) is 5.92. The molecule has 1 fully saturated rings. The van der Waals surface area contributed by atoms with Crippen molar-refractivity contribution in [2.75, 3.05) is 6.54 Å². The minimum absolute atomic E-state index is 0.0343. The van der Waals surface area contributed by atoms with Crippen LogP contribution in [0.25, 0.3) is 0 Å². The lowest BCUT2D eigenvalue weighted by molar-refractivity contribution is -0.0509. The van der Waals surface area contributed by atoms with E-state index in [0.29, 0.717) is 5.56 Å². The summed E-state index contributed by atoms with van der Waals surface area (Å²) in [6, 6.07) is 4.46. The molecule has 1 aromatic rings. The Morgan fingerprint density at radius 3 is 2.28 bits per heavy atom. The molecular formula is C13H15ClF3N. The van der Waals surface area contributed by atoms with Gasteiger partial charge in [-0.1, -0.05) is 17.7 Å². The quantitative estimate of drug-likeness (QED) is 0.872. The molecule has 5 heteroatoms. The van der Waals surface area contributed by atoms with Gasteiger partial charge >= 0.3 is 0 Å². The highest BCUT2D eigenvalue weighted by molar-refractivity contribution is 6.30. The second-order valence-corrected chi connectivity index (χ2v) is 5.38. The van der Waals surface area contributed by atoms with Crippen LogP contribution in [0.2, 0.25) is 5.02 Å². The number of alkyl halides is 2. The lowest BCUT2D eigenvalue weighted by atomic mass is 9.68. The van der Waals surface area contributed by atoms with E-state index in [1.54, 1.807) is 6.07 Å². The number of hydrogen-bond donors (Lipinski definition) is 1. The van der Waals surface area contributed by atoms with Gasteiger partial charge in [0.1, 0.15) is 5.82 Å². The van der Waals surface area contributed by atoms with Gasteiger partial charge in [-0.3, -0.25) is 0 Å². The summed E-state index contributed by atoms with van der Waals surface area (Å²) < 4.78 is 39.9. The Kier molecular flexibility index (Phi) is 3.60. The van der Waals surface area contributed by atoms with E-state index in [1.807, 2.05) is 0 Å². The summed E-state index contributed by atoms with van der Waals surface area (Å²) in [6.07, 6.45) is 0.151. The van der Waals surface area contributed by atoms with Crippen LogP contribution in [0.4, 0.5) is 13.2 Å². The van der Waals surface area contributed by atoms with E-state index >= 15 is 0 Å². The van der Waals surface area contributed by atoms with Crippen molar-refractivity contribution in [2.45, 2.75) is 37.0 Å². The van der Waals surface area contributed by atoms with Crippen LogP contribution in [-0.2, 0) is 5.41 Å². The van der Waals surface area contributed by atoms with Crippen LogP contribution in [0, 0.1) is 5.82 Å². The molecule has 0 amide bonds. The van der Waals surface area contributed by atoms with E-state index in [1.165, 1.54) is 12.1 Å². The Balaban J connectivity index is 2.30. The molecule has 100 valence electrons. The van der Waals surface area contributed by atoms with Crippen molar-refractivity contribution < 1.29 is 13.2 Å². The molecule has 0 spiro atoms. The summed E-state index contributed by atoms with van der Waals surface area (Å²) in [6.45, 7) is 0.240. The SMILES string of the molecule is NCC1(c2ccc(Cl)c(F)c2)CCC(F)(F)CC1. The van der Waals surface area contributed by atoms with E-state index < -0.39 is 17.2 Å². The lowest BCUT2D eigenvalue weighted by Crippen LogP contribution is -2.42. The van der Waals surface area contributed by atoms with Gasteiger partial charge in [-0.25, -0.2) is 13.2 Å². The van der Waals surface area contributed by atoms with Gasteiger partial charge in [0, 0.05) is 24.8 Å². The summed E-state index contributed by atoms with van der Waals surface area (Å²) in [5.41, 5.74) is 5.87. The summed E-state index contributed by atoms with van der Waals surface area (Å²) >= 11 is 5.63. The van der Waals surface area contributed by atoms with Crippen LogP contribution in [0.5, 0.6) is 0 Å². The Labute approximate surface area is 109 Å². The molecule has 1 saturated carbocycles. The molecule has 0 aliphatic heterocycles. The molecule has 1 nitrogen and oxygen atoms in total. The van der Waals surface area contributed by atoms with Gasteiger partial charge in [0.25, 0.3) is 0 Å². The first kappa shape index (κ1) is 13.7. The number of hydrogen-bond acceptors (Lipinski definition) is 1. The Morgan fingerprint density at radius 1 is 1.17 bits per heavy atom. The zero-order chi connectivity index (χ0) is 13.4. The molecular weight excluding hydrogens is 263 g/mol. The van der Waals surface area contributed by atoms with Crippen LogP contribution in [0.15, 0.2) is 18.2 Å². The highest BCUT2D eigenvalue weighted by Crippen LogP contribution is 2.45. The maximum Gasteiger partial charge on any atom is 0.248 e. The lowest BCUT2D eigenvalue weighted by Gasteiger charge is -2.39. The molecule has 0 atom stereocenters. The van der Waals surface area contributed by atoms with E-state index in [0.717, 1.165) is 0 Å². The molecule has 1 aliphatic carbocycles. The highest BCUT2D eigenvalue weighted by Gasteiger charge is 2.43. The number of rotatable bonds is 2. The Hall–Kier alpha value is -0.740. The second kappa shape index (κ2) is 4.74. The van der Waals surface area contributed by atoms with Crippen LogP contribution >= 0.6 is 11.6 Å². The average Bonchev–Trinajstić information content (AvgIpc) is 2.34. The third-order valence-electron chi connectivity index (χ3n) is 3.86. The maximum absolute atomic E-state index is 13.5. The zero-order valence-electron chi connectivity index (χ0n) is 9.86. The molecule has 0 heterocycles. The van der Waals surface area contributed by atoms with Crippen molar-refractivity contribution in [2.24, 2.45) is 5.73 Å². The molecule has 2 N–H and O–H groups in total. The van der Waals surface area contributed by atoms with Crippen molar-refractivity contribution in [1.29, 1.82) is 0 Å². The minimum Gasteiger partial charge on any atom is -0.330 e. The fourth-order valence-electron chi connectivity index (χ4n) is 2.53. The predicted molar refractivity (Wildman–Crippen MR) is 65.6 cm³/mol. The third kappa shape index (κ3) is 2.50. The monoisotopic (exact) mass is 277 g/mol. The topological polar surface area (TPSA) is 26.0 Å². The summed E-state index contributed by atoms with van der Waals surface area (Å²) in [4.78, 5) is 0. The molecule has 2 rings (SSSR count). The van der Waals surface area contributed by atoms with Gasteiger partial charge in [0.2, 0.25) is 5.92 Å². The van der Waals surface area contributed by atoms with Crippen molar-refractivity contribution in [3.05, 3.63) is 34.6 Å². The number of nitrogens with two attached hydrogens (primary N) is 1. The van der Waals surface area contributed by atoms with Crippen molar-refractivity contribution in [3.63, 3.8) is 0 Å². The maximum atomic E-state index is 13.5. The molecule has 18 heavy (non-hydrogen) atoms. The van der Waals surface area contributed by atoms with Crippen LogP contribution in [0.1, 0.15) is 31.2 Å². The summed E-state index contributed by atoms with van der Waals surface area (Å²) in [7, 11) is 0. The van der Waals surface area contributed by atoms with Gasteiger partial charge in [-0.05, 0) is 30.5 Å². The van der Waals surface area contributed by atoms with E-state index in [9.17, 15) is 13.2 Å². The zero-order valence-corrected chi connectivity index (χ0v) is 10.6. The Bertz CT molecular complexity index is 438. The molecule has 1 aromatic carbocycles. The van der Waals surface area contributed by atoms with Crippen LogP contribution < -0.4 is 5.73 Å². The van der Waals surface area contributed by atoms with Crippen molar-refractivity contribution >= 4 is 11.6 Å². The molecule has 0 aromatic heterocycles. The first-order valence-corrected chi connectivity index (χ1v) is 6.30. The smallest absolute Gasteiger partial charge is 0.248 e. The molecule has 0 unspecified atom stereocenters. The van der Waals surface area contributed by atoms with Gasteiger partial charge < -0.3 is 5.73 Å². The minimum atomic E-state index is -2.62. The first-order chi connectivity index (χ1) is 8.38. The van der Waals surface area contributed by atoms with Crippen molar-refractivity contribution in [3.8, 4) is 0 Å². The van der Waals surface area contributed by atoms with Gasteiger partial charge in [-0.15, -0.1) is 0 Å². The molecule has 1 aliphatic rings. The van der Waals surface area contributed by atoms with Gasteiger partial charge in [0.05, 0.1) is 5.02 Å². The van der Waals surface area contributed by atoms with Crippen LogP contribution in [-0.4, -0.2) is 12.5 Å². The summed E-state index contributed by atoms with van der Waals surface area (Å²) in [5.74, 6) is -3.15. The summed E-state index contributed by atoms with van der Waals surface area (Å²) in [5, 5.41) is 0.0343. The van der Waals surface area contributed by atoms with Gasteiger partial charge in [0.15, 0.2) is 0 Å². The van der Waals surface area contributed by atoms with E-state index in [4.69, 9.17) is 17.3 Å². The number of benzene rings is 1. The fraction of sp³-hybridized carbons (Fsp3) is 0.538. The predicted octanol–water partition coefficient (Wildman–Crippen LogP) is 3.88. The third-order valence-corrected chi connectivity index (χ3v) is 4.17. The second-order valence-electron chi connectivity index (χ2n) is 4.97. The molecule has 0 saturated heterocycles. The van der Waals surface area contributed by atoms with E-state index in [-0.39, 0.29) is 37.3 Å². The average molecular weight is 278 g/mol. The Morgan fingerprint density at radius 2 is 1.78 bits per heavy atom. The normalized spacial score (nSPS) is 21.8. The number of halogens is 4. The fourth-order valence-corrected chi connectivity index (χ4v) is 2.65. The molecule has 0 radical (unpaired) electrons.